The van der Waals surface area contributed by atoms with E-state index in [-0.39, 0.29) is 23.7 Å². The molecule has 6 heteroatoms. The molecular formula is C8H15N5O. The number of fused-ring (bicyclic) bond motifs is 1. The molecule has 0 aromatic heterocycles. The first kappa shape index (κ1) is 9.54. The van der Waals surface area contributed by atoms with E-state index in [1.807, 2.05) is 20.8 Å². The van der Waals surface area contributed by atoms with Crippen molar-refractivity contribution in [3.8, 4) is 0 Å². The van der Waals surface area contributed by atoms with Crippen LogP contribution in [-0.2, 0) is 4.79 Å². The zero-order chi connectivity index (χ0) is 10.3. The third-order valence-electron chi connectivity index (χ3n) is 2.32. The lowest BCUT2D eigenvalue weighted by atomic mass is 10.1. The molecule has 2 aliphatic heterocycles. The summed E-state index contributed by atoms with van der Waals surface area (Å²) in [6, 6.07) is -0.258. The first-order chi connectivity index (χ1) is 6.50. The highest BCUT2D eigenvalue weighted by atomic mass is 16.2. The molecule has 2 unspecified atom stereocenters. The molecular weight excluding hydrogens is 182 g/mol. The van der Waals surface area contributed by atoms with Gasteiger partial charge in [-0.05, 0) is 20.8 Å². The summed E-state index contributed by atoms with van der Waals surface area (Å²) in [5, 5.41) is 15.5. The number of nitrogens with zero attached hydrogens (tertiary/aromatic N) is 3. The molecule has 0 spiro atoms. The molecule has 2 heterocycles. The van der Waals surface area contributed by atoms with Gasteiger partial charge in [0.15, 0.2) is 0 Å². The van der Waals surface area contributed by atoms with Crippen molar-refractivity contribution in [3.05, 3.63) is 0 Å². The van der Waals surface area contributed by atoms with Gasteiger partial charge in [-0.15, -0.1) is 5.11 Å². The third-order valence-corrected chi connectivity index (χ3v) is 2.32. The van der Waals surface area contributed by atoms with Crippen molar-refractivity contribution >= 4 is 5.91 Å². The molecule has 6 nitrogen and oxygen atoms in total. The Kier molecular flexibility index (Phi) is 2.04. The summed E-state index contributed by atoms with van der Waals surface area (Å²) >= 11 is 0. The Bertz CT molecular complexity index is 282. The van der Waals surface area contributed by atoms with E-state index in [4.69, 9.17) is 0 Å². The summed E-state index contributed by atoms with van der Waals surface area (Å²) in [7, 11) is 0. The van der Waals surface area contributed by atoms with E-state index in [2.05, 4.69) is 21.0 Å². The first-order valence-corrected chi connectivity index (χ1v) is 4.72. The molecule has 14 heavy (non-hydrogen) atoms. The molecule has 2 atom stereocenters. The molecule has 2 rings (SSSR count). The second kappa shape index (κ2) is 2.99. The van der Waals surface area contributed by atoms with Crippen LogP contribution >= 0.6 is 0 Å². The van der Waals surface area contributed by atoms with Crippen LogP contribution in [0, 0.1) is 0 Å². The van der Waals surface area contributed by atoms with E-state index in [0.29, 0.717) is 6.67 Å². The van der Waals surface area contributed by atoms with Gasteiger partial charge in [0.25, 0.3) is 5.91 Å². The van der Waals surface area contributed by atoms with Crippen LogP contribution in [0.3, 0.4) is 0 Å². The lowest BCUT2D eigenvalue weighted by molar-refractivity contribution is -0.141. The SMILES string of the molecule is CC(C)(C)N1N=NC2NCNC2C1=O. The Morgan fingerprint density at radius 3 is 2.79 bits per heavy atom. The van der Waals surface area contributed by atoms with Crippen LogP contribution in [0.1, 0.15) is 20.8 Å². The second-order valence-electron chi connectivity index (χ2n) is 4.53. The van der Waals surface area contributed by atoms with E-state index in [9.17, 15) is 4.79 Å². The average Bonchev–Trinajstić information content (AvgIpc) is 2.50. The van der Waals surface area contributed by atoms with Crippen molar-refractivity contribution in [1.82, 2.24) is 15.6 Å². The highest BCUT2D eigenvalue weighted by Gasteiger charge is 2.42. The second-order valence-corrected chi connectivity index (χ2v) is 4.53. The Morgan fingerprint density at radius 2 is 2.14 bits per heavy atom. The van der Waals surface area contributed by atoms with Crippen LogP contribution in [0.15, 0.2) is 10.3 Å². The summed E-state index contributed by atoms with van der Waals surface area (Å²) in [4.78, 5) is 11.9. The predicted molar refractivity (Wildman–Crippen MR) is 50.2 cm³/mol. The molecule has 1 fully saturated rings. The van der Waals surface area contributed by atoms with Gasteiger partial charge in [0, 0.05) is 6.67 Å². The fourth-order valence-corrected chi connectivity index (χ4v) is 1.58. The number of amides is 1. The van der Waals surface area contributed by atoms with Crippen molar-refractivity contribution in [1.29, 1.82) is 0 Å². The molecule has 0 bridgehead atoms. The van der Waals surface area contributed by atoms with Gasteiger partial charge in [0.2, 0.25) is 0 Å². The monoisotopic (exact) mass is 197 g/mol. The topological polar surface area (TPSA) is 69.1 Å². The number of nitrogens with one attached hydrogen (secondary N) is 2. The molecule has 0 radical (unpaired) electrons. The fraction of sp³-hybridized carbons (Fsp3) is 0.875. The van der Waals surface area contributed by atoms with Gasteiger partial charge in [-0.25, -0.2) is 5.01 Å². The number of hydrogen-bond donors (Lipinski definition) is 2. The van der Waals surface area contributed by atoms with Gasteiger partial charge in [0.1, 0.15) is 12.2 Å². The number of carbonyl (C=O) groups is 1. The minimum absolute atomic E-state index is 0.0116. The van der Waals surface area contributed by atoms with E-state index < -0.39 is 0 Å². The maximum Gasteiger partial charge on any atom is 0.265 e. The Labute approximate surface area is 82.7 Å². The van der Waals surface area contributed by atoms with E-state index in [0.717, 1.165) is 0 Å². The molecule has 0 saturated carbocycles. The predicted octanol–water partition coefficient (Wildman–Crippen LogP) is -0.161. The highest BCUT2D eigenvalue weighted by Crippen LogP contribution is 2.21. The molecule has 0 aromatic carbocycles. The summed E-state index contributed by atoms with van der Waals surface area (Å²) in [5.74, 6) is -0.0116. The quantitative estimate of drug-likeness (QED) is 0.567. The molecule has 2 N–H and O–H groups in total. The Hall–Kier alpha value is -1.01. The van der Waals surface area contributed by atoms with Crippen molar-refractivity contribution in [2.45, 2.75) is 38.5 Å². The van der Waals surface area contributed by atoms with Crippen LogP contribution < -0.4 is 10.6 Å². The van der Waals surface area contributed by atoms with Crippen LogP contribution in [-0.4, -0.2) is 35.3 Å². The van der Waals surface area contributed by atoms with Gasteiger partial charge in [-0.2, -0.15) is 0 Å². The fourth-order valence-electron chi connectivity index (χ4n) is 1.58. The number of hydrogen-bond acceptors (Lipinski definition) is 5. The van der Waals surface area contributed by atoms with Crippen molar-refractivity contribution in [2.75, 3.05) is 6.67 Å². The molecule has 1 saturated heterocycles. The van der Waals surface area contributed by atoms with Crippen molar-refractivity contribution in [2.24, 2.45) is 10.3 Å². The molecule has 0 aliphatic carbocycles. The van der Waals surface area contributed by atoms with Gasteiger partial charge >= 0.3 is 0 Å². The molecule has 0 aromatic rings. The molecule has 78 valence electrons. The molecule has 2 aliphatic rings. The Morgan fingerprint density at radius 1 is 1.43 bits per heavy atom. The summed E-state index contributed by atoms with van der Waals surface area (Å²) < 4.78 is 0. The van der Waals surface area contributed by atoms with Gasteiger partial charge in [-0.3, -0.25) is 15.4 Å². The van der Waals surface area contributed by atoms with E-state index in [1.54, 1.807) is 0 Å². The largest absolute Gasteiger partial charge is 0.290 e. The van der Waals surface area contributed by atoms with Crippen LogP contribution in [0.2, 0.25) is 0 Å². The third kappa shape index (κ3) is 1.40. The highest BCUT2D eigenvalue weighted by molar-refractivity contribution is 5.83. The lowest BCUT2D eigenvalue weighted by Crippen LogP contribution is -2.55. The van der Waals surface area contributed by atoms with Gasteiger partial charge in [-0.1, -0.05) is 5.22 Å². The summed E-state index contributed by atoms with van der Waals surface area (Å²) in [6.45, 7) is 6.42. The minimum Gasteiger partial charge on any atom is -0.290 e. The van der Waals surface area contributed by atoms with Crippen molar-refractivity contribution < 1.29 is 4.79 Å². The number of carbonyl (C=O) groups excluding carboxylic acids is 1. The Balaban J connectivity index is 2.24. The summed E-state index contributed by atoms with van der Waals surface area (Å²) in [5.41, 5.74) is -0.310. The van der Waals surface area contributed by atoms with E-state index in [1.165, 1.54) is 5.01 Å². The maximum atomic E-state index is 11.9. The van der Waals surface area contributed by atoms with Crippen molar-refractivity contribution in [3.63, 3.8) is 0 Å². The average molecular weight is 197 g/mol. The van der Waals surface area contributed by atoms with Crippen LogP contribution in [0.4, 0.5) is 0 Å². The van der Waals surface area contributed by atoms with Crippen LogP contribution in [0.5, 0.6) is 0 Å². The zero-order valence-electron chi connectivity index (χ0n) is 8.61. The number of rotatable bonds is 0. The van der Waals surface area contributed by atoms with Crippen LogP contribution in [0.25, 0.3) is 0 Å². The lowest BCUT2D eigenvalue weighted by Gasteiger charge is -2.35. The van der Waals surface area contributed by atoms with Gasteiger partial charge in [0.05, 0.1) is 5.54 Å². The molecule has 1 amide bonds. The maximum absolute atomic E-state index is 11.9. The zero-order valence-corrected chi connectivity index (χ0v) is 8.61. The summed E-state index contributed by atoms with van der Waals surface area (Å²) in [6.07, 6.45) is -0.193. The van der Waals surface area contributed by atoms with E-state index >= 15 is 0 Å². The first-order valence-electron chi connectivity index (χ1n) is 4.72. The van der Waals surface area contributed by atoms with Gasteiger partial charge < -0.3 is 0 Å². The minimum atomic E-state index is -0.310. The normalized spacial score (nSPS) is 32.2. The smallest absolute Gasteiger partial charge is 0.265 e. The standard InChI is InChI=1S/C8H15N5O/c1-8(2,3)13-7(14)5-6(11-12-13)10-4-9-5/h5-6,9-10H,4H2,1-3H3.